The third kappa shape index (κ3) is 6.35. The van der Waals surface area contributed by atoms with Gasteiger partial charge in [-0.3, -0.25) is 4.98 Å². The van der Waals surface area contributed by atoms with Gasteiger partial charge in [0.15, 0.2) is 0 Å². The molecule has 0 aliphatic carbocycles. The van der Waals surface area contributed by atoms with E-state index in [4.69, 9.17) is 0 Å². The van der Waals surface area contributed by atoms with E-state index in [0.29, 0.717) is 5.92 Å². The van der Waals surface area contributed by atoms with Gasteiger partial charge in [0.05, 0.1) is 5.69 Å². The van der Waals surface area contributed by atoms with Crippen LogP contribution in [0.1, 0.15) is 25.3 Å². The number of para-hydroxylation sites is 1. The van der Waals surface area contributed by atoms with Crippen LogP contribution in [0.2, 0.25) is 0 Å². The van der Waals surface area contributed by atoms with Crippen molar-refractivity contribution in [1.29, 1.82) is 0 Å². The van der Waals surface area contributed by atoms with Crippen molar-refractivity contribution >= 4 is 0 Å². The number of phenolic OH excluding ortho intramolecular Hbond substituents is 1. The van der Waals surface area contributed by atoms with Crippen molar-refractivity contribution < 1.29 is 25.2 Å². The number of hydrogen-bond acceptors (Lipinski definition) is 3. The van der Waals surface area contributed by atoms with Crippen LogP contribution in [0.25, 0.3) is 22.5 Å². The third-order valence-electron chi connectivity index (χ3n) is 4.28. The number of benzene rings is 2. The SMILES string of the molecule is CC(C)c1ccnc(-c2[c-]cccc2)c1.Oc1ccccc1-c1ccccn1.[Ir]. The zero-order valence-corrected chi connectivity index (χ0v) is 18.8. The molecule has 0 unspecified atom stereocenters. The van der Waals surface area contributed by atoms with Crippen molar-refractivity contribution in [3.63, 3.8) is 0 Å². The topological polar surface area (TPSA) is 46.0 Å². The Morgan fingerprint density at radius 3 is 2.17 bits per heavy atom. The first-order valence-corrected chi connectivity index (χ1v) is 9.27. The molecule has 0 saturated carbocycles. The molecule has 0 saturated heterocycles. The normalized spacial score (nSPS) is 9.90. The van der Waals surface area contributed by atoms with Gasteiger partial charge in [0.2, 0.25) is 0 Å². The van der Waals surface area contributed by atoms with Crippen LogP contribution in [0.5, 0.6) is 5.75 Å². The van der Waals surface area contributed by atoms with Crippen LogP contribution in [-0.2, 0) is 20.1 Å². The van der Waals surface area contributed by atoms with Crippen molar-refractivity contribution in [1.82, 2.24) is 9.97 Å². The maximum atomic E-state index is 9.52. The maximum absolute atomic E-state index is 9.52. The van der Waals surface area contributed by atoms with Crippen molar-refractivity contribution in [2.75, 3.05) is 0 Å². The Hall–Kier alpha value is -2.81. The first-order chi connectivity index (χ1) is 13.6. The van der Waals surface area contributed by atoms with Crippen molar-refractivity contribution in [2.45, 2.75) is 19.8 Å². The van der Waals surface area contributed by atoms with Gasteiger partial charge >= 0.3 is 0 Å². The fourth-order valence-corrected chi connectivity index (χ4v) is 2.72. The van der Waals surface area contributed by atoms with E-state index in [9.17, 15) is 5.11 Å². The number of aromatic hydroxyl groups is 1. The van der Waals surface area contributed by atoms with E-state index < -0.39 is 0 Å². The zero-order valence-electron chi connectivity index (χ0n) is 16.4. The van der Waals surface area contributed by atoms with Gasteiger partial charge in [-0.2, -0.15) is 0 Å². The number of nitrogens with zero attached hydrogens (tertiary/aromatic N) is 2. The summed E-state index contributed by atoms with van der Waals surface area (Å²) in [6.45, 7) is 4.38. The Morgan fingerprint density at radius 1 is 0.793 bits per heavy atom. The van der Waals surface area contributed by atoms with Gasteiger partial charge in [-0.05, 0) is 41.9 Å². The van der Waals surface area contributed by atoms with E-state index in [1.54, 1.807) is 18.3 Å². The summed E-state index contributed by atoms with van der Waals surface area (Å²) in [5.74, 6) is 0.802. The standard InChI is InChI=1S/C14H14N.C11H9NO.Ir/c1-11(2)13-8-9-15-14(10-13)12-6-4-3-5-7-12;13-11-7-2-1-5-9(11)10-6-3-4-8-12-10;/h3-6,8-11H,1-2H3;1-8,13H;/q-1;;. The minimum absolute atomic E-state index is 0. The van der Waals surface area contributed by atoms with E-state index in [-0.39, 0.29) is 25.9 Å². The first kappa shape index (κ1) is 22.5. The predicted molar refractivity (Wildman–Crippen MR) is 114 cm³/mol. The fourth-order valence-electron chi connectivity index (χ4n) is 2.72. The van der Waals surface area contributed by atoms with Gasteiger partial charge in [-0.15, -0.1) is 35.9 Å². The summed E-state index contributed by atoms with van der Waals surface area (Å²) in [5.41, 5.74) is 4.93. The molecule has 0 aliphatic rings. The fraction of sp³-hybridized carbons (Fsp3) is 0.120. The minimum atomic E-state index is 0. The molecule has 4 aromatic rings. The van der Waals surface area contributed by atoms with Gasteiger partial charge in [0.1, 0.15) is 5.75 Å². The molecule has 0 atom stereocenters. The van der Waals surface area contributed by atoms with Crippen LogP contribution in [0.3, 0.4) is 0 Å². The third-order valence-corrected chi connectivity index (χ3v) is 4.28. The predicted octanol–water partition coefficient (Wildman–Crippen LogP) is 6.12. The molecule has 149 valence electrons. The molecule has 1 radical (unpaired) electrons. The Bertz CT molecular complexity index is 1010. The summed E-state index contributed by atoms with van der Waals surface area (Å²) in [7, 11) is 0. The Labute approximate surface area is 185 Å². The van der Waals surface area contributed by atoms with E-state index in [2.05, 4.69) is 42.0 Å². The molecule has 2 aromatic heterocycles. The summed E-state index contributed by atoms with van der Waals surface area (Å²) in [6.07, 6.45) is 3.58. The van der Waals surface area contributed by atoms with Crippen LogP contribution in [0.15, 0.2) is 91.3 Å². The molecule has 0 bridgehead atoms. The molecule has 4 rings (SSSR count). The van der Waals surface area contributed by atoms with Crippen LogP contribution in [0.4, 0.5) is 0 Å². The second-order valence-electron chi connectivity index (χ2n) is 6.64. The van der Waals surface area contributed by atoms with Crippen LogP contribution in [0, 0.1) is 6.07 Å². The number of phenols is 1. The van der Waals surface area contributed by atoms with Crippen molar-refractivity contribution in [2.24, 2.45) is 0 Å². The van der Waals surface area contributed by atoms with Crippen LogP contribution < -0.4 is 0 Å². The number of pyridine rings is 2. The van der Waals surface area contributed by atoms with Crippen LogP contribution >= 0.6 is 0 Å². The van der Waals surface area contributed by atoms with Gasteiger partial charge in [0.25, 0.3) is 0 Å². The molecule has 3 nitrogen and oxygen atoms in total. The Kier molecular flexibility index (Phi) is 8.72. The molecule has 1 N–H and O–H groups in total. The molecular formula is C25H23IrN2O-. The second-order valence-corrected chi connectivity index (χ2v) is 6.64. The largest absolute Gasteiger partial charge is 0.507 e. The number of hydrogen-bond donors (Lipinski definition) is 1. The van der Waals surface area contributed by atoms with Gasteiger partial charge in [-0.25, -0.2) is 0 Å². The average molecular weight is 560 g/mol. The molecule has 0 spiro atoms. The van der Waals surface area contributed by atoms with Crippen molar-refractivity contribution in [3.8, 4) is 28.3 Å². The first-order valence-electron chi connectivity index (χ1n) is 9.27. The van der Waals surface area contributed by atoms with E-state index in [0.717, 1.165) is 22.5 Å². The van der Waals surface area contributed by atoms with Gasteiger partial charge < -0.3 is 10.1 Å². The second kappa shape index (κ2) is 11.3. The van der Waals surface area contributed by atoms with E-state index >= 15 is 0 Å². The Morgan fingerprint density at radius 2 is 1.52 bits per heavy atom. The minimum Gasteiger partial charge on any atom is -0.507 e. The van der Waals surface area contributed by atoms with E-state index in [1.807, 2.05) is 60.8 Å². The average Bonchev–Trinajstić information content (AvgIpc) is 2.76. The van der Waals surface area contributed by atoms with Gasteiger partial charge in [0, 0.05) is 38.1 Å². The summed E-state index contributed by atoms with van der Waals surface area (Å²) < 4.78 is 0. The monoisotopic (exact) mass is 560 g/mol. The molecule has 29 heavy (non-hydrogen) atoms. The van der Waals surface area contributed by atoms with E-state index in [1.165, 1.54) is 5.56 Å². The maximum Gasteiger partial charge on any atom is 0.124 e. The summed E-state index contributed by atoms with van der Waals surface area (Å²) >= 11 is 0. The summed E-state index contributed by atoms with van der Waals surface area (Å²) in [4.78, 5) is 8.51. The van der Waals surface area contributed by atoms with Gasteiger partial charge in [-0.1, -0.05) is 43.7 Å². The summed E-state index contributed by atoms with van der Waals surface area (Å²) in [6, 6.07) is 28.1. The molecule has 0 aliphatic heterocycles. The molecular weight excluding hydrogens is 537 g/mol. The number of rotatable bonds is 3. The molecule has 2 heterocycles. The Balaban J connectivity index is 0.000000202. The van der Waals surface area contributed by atoms with Crippen LogP contribution in [-0.4, -0.2) is 15.1 Å². The number of aromatic nitrogens is 2. The molecule has 2 aromatic carbocycles. The quantitative estimate of drug-likeness (QED) is 0.308. The summed E-state index contributed by atoms with van der Waals surface area (Å²) in [5, 5.41) is 9.52. The zero-order chi connectivity index (χ0) is 19.8. The smallest absolute Gasteiger partial charge is 0.124 e. The molecule has 0 fully saturated rings. The molecule has 0 amide bonds. The molecule has 4 heteroatoms. The van der Waals surface area contributed by atoms with Crippen molar-refractivity contribution in [3.05, 3.63) is 103 Å².